The molecule has 4 nitrogen and oxygen atoms in total. The minimum absolute atomic E-state index is 0.683. The molecule has 2 aliphatic rings. The van der Waals surface area contributed by atoms with Crippen LogP contribution in [0.4, 0.5) is 11.4 Å². The number of fused-ring (bicyclic) bond motifs is 6. The second-order valence-corrected chi connectivity index (χ2v) is 4.38. The van der Waals surface area contributed by atoms with Crippen molar-refractivity contribution in [3.8, 4) is 5.69 Å². The average molecular weight is 230 g/mol. The molecule has 18 heavy (non-hydrogen) atoms. The zero-order chi connectivity index (χ0) is 11.7. The van der Waals surface area contributed by atoms with E-state index in [1.54, 1.807) is 0 Å². The largest absolute Gasteiger partial charge is 0.289 e. The first kappa shape index (κ1) is 8.47. The van der Waals surface area contributed by atoms with Crippen LogP contribution < -0.4 is 5.32 Å². The Morgan fingerprint density at radius 1 is 1.06 bits per heavy atom. The molecule has 1 aromatic heterocycles. The van der Waals surface area contributed by atoms with Gasteiger partial charge in [-0.15, -0.1) is 0 Å². The smallest absolute Gasteiger partial charge is 0.197 e. The molecule has 5 rings (SSSR count). The van der Waals surface area contributed by atoms with Gasteiger partial charge < -0.3 is 0 Å². The fraction of sp³-hybridized carbons (Fsp3) is 0. The molecular weight excluding hydrogens is 224 g/mol. The van der Waals surface area contributed by atoms with Gasteiger partial charge in [0.2, 0.25) is 0 Å². The summed E-state index contributed by atoms with van der Waals surface area (Å²) in [6.07, 6.45) is 0. The first-order chi connectivity index (χ1) is 8.90. The number of aromatic nitrogens is 2. The van der Waals surface area contributed by atoms with Gasteiger partial charge in [0.1, 0.15) is 5.69 Å². The Kier molecular flexibility index (Phi) is 1.23. The van der Waals surface area contributed by atoms with E-state index < -0.39 is 0 Å². The lowest BCUT2D eigenvalue weighted by atomic mass is 10.2. The number of imidazole rings is 1. The van der Waals surface area contributed by atoms with Crippen molar-refractivity contribution in [2.24, 2.45) is 4.99 Å². The van der Waals surface area contributed by atoms with Gasteiger partial charge in [-0.05, 0) is 24.3 Å². The summed E-state index contributed by atoms with van der Waals surface area (Å²) in [6, 6.07) is 15.3. The van der Waals surface area contributed by atoms with Gasteiger partial charge in [0, 0.05) is 6.07 Å². The zero-order valence-corrected chi connectivity index (χ0v) is 9.25. The van der Waals surface area contributed by atoms with Crippen molar-refractivity contribution in [2.45, 2.75) is 0 Å². The lowest BCUT2D eigenvalue weighted by Gasteiger charge is -2.10. The van der Waals surface area contributed by atoms with Crippen LogP contribution in [0.15, 0.2) is 41.4 Å². The van der Waals surface area contributed by atoms with Crippen molar-refractivity contribution in [3.63, 3.8) is 0 Å². The fourth-order valence-corrected chi connectivity index (χ4v) is 2.53. The summed E-state index contributed by atoms with van der Waals surface area (Å²) in [4.78, 5) is 9.10. The van der Waals surface area contributed by atoms with E-state index in [4.69, 9.17) is 0 Å². The summed E-state index contributed by atoms with van der Waals surface area (Å²) in [6.45, 7) is 0. The Balaban J connectivity index is 2.04. The number of rotatable bonds is 0. The van der Waals surface area contributed by atoms with E-state index in [2.05, 4.69) is 32.0 Å². The highest BCUT2D eigenvalue weighted by atomic mass is 15.2. The van der Waals surface area contributed by atoms with Gasteiger partial charge in [-0.25, -0.2) is 15.3 Å². The molecule has 0 atom stereocenters. The predicted molar refractivity (Wildman–Crippen MR) is 67.9 cm³/mol. The molecule has 3 aromatic rings. The molecule has 0 spiro atoms. The molecule has 2 aliphatic heterocycles. The summed E-state index contributed by atoms with van der Waals surface area (Å²) in [5.74, 6) is 1.48. The monoisotopic (exact) mass is 230 g/mol. The molecule has 0 saturated carbocycles. The average Bonchev–Trinajstić information content (AvgIpc) is 2.93. The van der Waals surface area contributed by atoms with Gasteiger partial charge in [-0.2, -0.15) is 0 Å². The third-order valence-electron chi connectivity index (χ3n) is 3.33. The Morgan fingerprint density at radius 2 is 2.00 bits per heavy atom. The molecule has 0 unspecified atom stereocenters. The molecule has 3 bridgehead atoms. The highest BCUT2D eigenvalue weighted by Crippen LogP contribution is 2.37. The number of benzene rings is 2. The number of aliphatic imine (C=N–C) groups is 1. The van der Waals surface area contributed by atoms with Gasteiger partial charge >= 0.3 is 0 Å². The van der Waals surface area contributed by atoms with E-state index in [9.17, 15) is 0 Å². The Labute approximate surface area is 103 Å². The number of amidine groups is 1. The second-order valence-electron chi connectivity index (χ2n) is 4.38. The van der Waals surface area contributed by atoms with E-state index in [0.717, 1.165) is 33.9 Å². The third kappa shape index (κ3) is 0.841. The molecule has 0 aliphatic carbocycles. The van der Waals surface area contributed by atoms with Crippen LogP contribution in [-0.2, 0) is 0 Å². The summed E-state index contributed by atoms with van der Waals surface area (Å²) in [5, 5.41) is 4.49. The minimum Gasteiger partial charge on any atom is -0.289 e. The first-order valence-electron chi connectivity index (χ1n) is 5.75. The normalized spacial score (nSPS) is 14.3. The molecule has 0 saturated heterocycles. The van der Waals surface area contributed by atoms with Crippen molar-refractivity contribution in [3.05, 3.63) is 48.3 Å². The fourth-order valence-electron chi connectivity index (χ4n) is 2.53. The Bertz CT molecular complexity index is 857. The van der Waals surface area contributed by atoms with Crippen molar-refractivity contribution in [1.82, 2.24) is 14.9 Å². The molecule has 0 amide bonds. The van der Waals surface area contributed by atoms with E-state index in [0.29, 0.717) is 5.84 Å². The van der Waals surface area contributed by atoms with Gasteiger partial charge in [-0.3, -0.25) is 4.57 Å². The molecule has 0 fully saturated rings. The Hall–Kier alpha value is -2.62. The van der Waals surface area contributed by atoms with Gasteiger partial charge in [0.25, 0.3) is 0 Å². The quantitative estimate of drug-likeness (QED) is 0.585. The lowest BCUT2D eigenvalue weighted by molar-refractivity contribution is 1.04. The van der Waals surface area contributed by atoms with Crippen LogP contribution in [-0.4, -0.2) is 15.4 Å². The summed E-state index contributed by atoms with van der Waals surface area (Å²) in [7, 11) is 0. The second kappa shape index (κ2) is 2.61. The summed E-state index contributed by atoms with van der Waals surface area (Å²) in [5.41, 5.74) is 4.70. The maximum absolute atomic E-state index is 4.63. The van der Waals surface area contributed by atoms with Crippen LogP contribution >= 0.6 is 0 Å². The van der Waals surface area contributed by atoms with Gasteiger partial charge in [0.05, 0.1) is 22.4 Å². The van der Waals surface area contributed by atoms with E-state index in [1.165, 1.54) is 0 Å². The van der Waals surface area contributed by atoms with Crippen LogP contribution in [0.1, 0.15) is 5.82 Å². The molecule has 82 valence electrons. The topological polar surface area (TPSA) is 44.3 Å². The summed E-state index contributed by atoms with van der Waals surface area (Å²) >= 11 is 0. The molecule has 2 aromatic carbocycles. The standard InChI is InChI=1S/C14H6N4/c1-2-4-12-10(3-1)17-14-13-15-9-6-5-8(18(12)14)7-11(9)16-13/h1-6H. The maximum atomic E-state index is 4.63. The Morgan fingerprint density at radius 3 is 3.00 bits per heavy atom. The molecule has 0 N–H and O–H groups in total. The number of hydrogen-bond donors (Lipinski definition) is 0. The van der Waals surface area contributed by atoms with Crippen molar-refractivity contribution in [1.29, 1.82) is 0 Å². The predicted octanol–water partition coefficient (Wildman–Crippen LogP) is 2.47. The maximum Gasteiger partial charge on any atom is 0.197 e. The van der Waals surface area contributed by atoms with E-state index in [1.807, 2.05) is 30.3 Å². The van der Waals surface area contributed by atoms with Crippen molar-refractivity contribution >= 4 is 28.2 Å². The van der Waals surface area contributed by atoms with Crippen molar-refractivity contribution in [2.75, 3.05) is 0 Å². The van der Waals surface area contributed by atoms with E-state index >= 15 is 0 Å². The van der Waals surface area contributed by atoms with Crippen LogP contribution in [0.2, 0.25) is 0 Å². The number of para-hydroxylation sites is 2. The van der Waals surface area contributed by atoms with Crippen LogP contribution in [0, 0.1) is 6.07 Å². The first-order valence-corrected chi connectivity index (χ1v) is 5.75. The molecular formula is C14H6N4. The van der Waals surface area contributed by atoms with Crippen LogP contribution in [0.5, 0.6) is 0 Å². The minimum atomic E-state index is 0.683. The van der Waals surface area contributed by atoms with Crippen LogP contribution in [0.3, 0.4) is 0 Å². The highest BCUT2D eigenvalue weighted by molar-refractivity contribution is 6.08. The number of hydrogen-bond acceptors (Lipinski definition) is 2. The molecule has 3 heterocycles. The third-order valence-corrected chi connectivity index (χ3v) is 3.33. The molecule has 4 heteroatoms. The van der Waals surface area contributed by atoms with E-state index in [-0.39, 0.29) is 0 Å². The lowest BCUT2D eigenvalue weighted by Crippen LogP contribution is -2.16. The van der Waals surface area contributed by atoms with Gasteiger partial charge in [0.15, 0.2) is 11.7 Å². The summed E-state index contributed by atoms with van der Waals surface area (Å²) < 4.78 is 2.07. The van der Waals surface area contributed by atoms with Crippen molar-refractivity contribution < 1.29 is 0 Å². The number of nitrogens with zero attached hydrogens (tertiary/aromatic N) is 4. The van der Waals surface area contributed by atoms with Gasteiger partial charge in [-0.1, -0.05) is 12.1 Å². The molecule has 2 radical (unpaired) electrons. The van der Waals surface area contributed by atoms with Crippen LogP contribution in [0.25, 0.3) is 16.7 Å². The zero-order valence-electron chi connectivity index (χ0n) is 9.25. The SMILES string of the molecule is [c]1c2ccc3c1N=C([N]3)c1nc3ccccc3n1-2. The highest BCUT2D eigenvalue weighted by Gasteiger charge is 2.28.